The highest BCUT2D eigenvalue weighted by Crippen LogP contribution is 2.32. The van der Waals surface area contributed by atoms with Crippen molar-refractivity contribution < 1.29 is 0 Å². The van der Waals surface area contributed by atoms with E-state index >= 15 is 0 Å². The van der Waals surface area contributed by atoms with E-state index < -0.39 is 0 Å². The molecule has 0 bridgehead atoms. The van der Waals surface area contributed by atoms with Crippen LogP contribution in [0.1, 0.15) is 36.9 Å². The Labute approximate surface area is 108 Å². The Kier molecular flexibility index (Phi) is 4.51. The number of hydrogen-bond donors (Lipinski definition) is 1. The van der Waals surface area contributed by atoms with E-state index in [-0.39, 0.29) is 0 Å². The third kappa shape index (κ3) is 3.05. The van der Waals surface area contributed by atoms with E-state index in [0.29, 0.717) is 0 Å². The summed E-state index contributed by atoms with van der Waals surface area (Å²) in [6, 6.07) is 0. The molecule has 1 aromatic heterocycles. The molecular formula is C13H23N3S. The first-order valence-corrected chi connectivity index (χ1v) is 7.50. The number of thioether (sulfide) groups is 1. The van der Waals surface area contributed by atoms with E-state index in [1.54, 1.807) is 0 Å². The van der Waals surface area contributed by atoms with Crippen molar-refractivity contribution in [2.45, 2.75) is 44.2 Å². The summed E-state index contributed by atoms with van der Waals surface area (Å²) in [4.78, 5) is 0. The smallest absolute Gasteiger partial charge is 0.0984 e. The van der Waals surface area contributed by atoms with Crippen LogP contribution in [0, 0.1) is 12.8 Å². The first kappa shape index (κ1) is 13.0. The molecule has 1 saturated carbocycles. The zero-order valence-corrected chi connectivity index (χ0v) is 11.9. The molecule has 2 rings (SSSR count). The average molecular weight is 253 g/mol. The molecule has 4 heteroatoms. The van der Waals surface area contributed by atoms with Crippen LogP contribution >= 0.6 is 11.8 Å². The van der Waals surface area contributed by atoms with Gasteiger partial charge in [-0.05, 0) is 32.7 Å². The van der Waals surface area contributed by atoms with E-state index in [4.69, 9.17) is 0 Å². The number of aryl methyl sites for hydroxylation is 2. The number of rotatable bonds is 5. The summed E-state index contributed by atoms with van der Waals surface area (Å²) in [6.45, 7) is 3.03. The van der Waals surface area contributed by atoms with Gasteiger partial charge in [-0.3, -0.25) is 4.68 Å². The molecule has 0 spiro atoms. The van der Waals surface area contributed by atoms with Crippen LogP contribution in [0.15, 0.2) is 5.03 Å². The van der Waals surface area contributed by atoms with Gasteiger partial charge in [0.2, 0.25) is 0 Å². The molecule has 1 N–H and O–H groups in total. The highest BCUT2D eigenvalue weighted by molar-refractivity contribution is 7.99. The standard InChI is InChI=1S/C13H23N3S/c1-10-12(8-14-2)13(16(3)15-10)17-9-11-6-4-5-7-11/h11,14H,4-9H2,1-3H3. The third-order valence-corrected chi connectivity index (χ3v) is 4.99. The van der Waals surface area contributed by atoms with Gasteiger partial charge < -0.3 is 5.32 Å². The SMILES string of the molecule is CNCc1c(C)nn(C)c1SCC1CCCC1. The van der Waals surface area contributed by atoms with Crippen LogP contribution in [0.4, 0.5) is 0 Å². The zero-order chi connectivity index (χ0) is 12.3. The van der Waals surface area contributed by atoms with Gasteiger partial charge in [-0.2, -0.15) is 5.10 Å². The van der Waals surface area contributed by atoms with Gasteiger partial charge in [0, 0.05) is 24.9 Å². The fourth-order valence-corrected chi connectivity index (χ4v) is 3.96. The second kappa shape index (κ2) is 5.91. The Hall–Kier alpha value is -0.480. The van der Waals surface area contributed by atoms with E-state index in [9.17, 15) is 0 Å². The first-order valence-electron chi connectivity index (χ1n) is 6.52. The summed E-state index contributed by atoms with van der Waals surface area (Å²) in [7, 11) is 4.06. The maximum Gasteiger partial charge on any atom is 0.0984 e. The molecule has 1 aromatic rings. The summed E-state index contributed by atoms with van der Waals surface area (Å²) >= 11 is 1.99. The Bertz CT molecular complexity index is 367. The van der Waals surface area contributed by atoms with Gasteiger partial charge >= 0.3 is 0 Å². The maximum atomic E-state index is 4.53. The normalized spacial score (nSPS) is 16.9. The molecule has 0 unspecified atom stereocenters. The lowest BCUT2D eigenvalue weighted by Gasteiger charge is -2.10. The minimum atomic E-state index is 0.923. The lowest BCUT2D eigenvalue weighted by Crippen LogP contribution is -2.07. The number of nitrogens with one attached hydrogen (secondary N) is 1. The summed E-state index contributed by atoms with van der Waals surface area (Å²) in [5, 5.41) is 9.12. The van der Waals surface area contributed by atoms with Gasteiger partial charge in [0.05, 0.1) is 10.7 Å². The lowest BCUT2D eigenvalue weighted by molar-refractivity contribution is 0.619. The largest absolute Gasteiger partial charge is 0.316 e. The maximum absolute atomic E-state index is 4.53. The molecule has 0 aliphatic heterocycles. The van der Waals surface area contributed by atoms with Gasteiger partial charge in [-0.1, -0.05) is 12.8 Å². The molecule has 0 saturated heterocycles. The van der Waals surface area contributed by atoms with Crippen LogP contribution in [0.5, 0.6) is 0 Å². The Balaban J connectivity index is 2.02. The van der Waals surface area contributed by atoms with E-state index in [2.05, 4.69) is 24.4 Å². The van der Waals surface area contributed by atoms with Crippen LogP contribution in [-0.2, 0) is 13.6 Å². The first-order chi connectivity index (χ1) is 8.22. The molecule has 3 nitrogen and oxygen atoms in total. The van der Waals surface area contributed by atoms with E-state index in [1.165, 1.54) is 42.0 Å². The van der Waals surface area contributed by atoms with Crippen LogP contribution in [0.25, 0.3) is 0 Å². The van der Waals surface area contributed by atoms with Crippen molar-refractivity contribution in [1.29, 1.82) is 0 Å². The average Bonchev–Trinajstić information content (AvgIpc) is 2.88. The molecular weight excluding hydrogens is 230 g/mol. The van der Waals surface area contributed by atoms with Gasteiger partial charge in [0.1, 0.15) is 0 Å². The van der Waals surface area contributed by atoms with Crippen molar-refractivity contribution >= 4 is 11.8 Å². The molecule has 0 atom stereocenters. The van der Waals surface area contributed by atoms with Crippen LogP contribution in [0.3, 0.4) is 0 Å². The summed E-state index contributed by atoms with van der Waals surface area (Å²) < 4.78 is 2.04. The fourth-order valence-electron chi connectivity index (χ4n) is 2.62. The minimum absolute atomic E-state index is 0.923. The van der Waals surface area contributed by atoms with Gasteiger partial charge in [-0.15, -0.1) is 11.8 Å². The van der Waals surface area contributed by atoms with Crippen LogP contribution in [-0.4, -0.2) is 22.6 Å². The molecule has 96 valence electrons. The predicted molar refractivity (Wildman–Crippen MR) is 73.4 cm³/mol. The van der Waals surface area contributed by atoms with Crippen LogP contribution < -0.4 is 5.32 Å². The van der Waals surface area contributed by atoms with Gasteiger partial charge in [-0.25, -0.2) is 0 Å². The summed E-state index contributed by atoms with van der Waals surface area (Å²) in [5.74, 6) is 2.19. The molecule has 17 heavy (non-hydrogen) atoms. The van der Waals surface area contributed by atoms with Crippen LogP contribution in [0.2, 0.25) is 0 Å². The van der Waals surface area contributed by atoms with Crippen molar-refractivity contribution in [3.8, 4) is 0 Å². The minimum Gasteiger partial charge on any atom is -0.316 e. The second-order valence-corrected chi connectivity index (χ2v) is 5.99. The summed E-state index contributed by atoms with van der Waals surface area (Å²) in [6.07, 6.45) is 5.70. The molecule has 0 radical (unpaired) electrons. The lowest BCUT2D eigenvalue weighted by atomic mass is 10.1. The van der Waals surface area contributed by atoms with Crippen molar-refractivity contribution in [2.75, 3.05) is 12.8 Å². The molecule has 1 aliphatic carbocycles. The van der Waals surface area contributed by atoms with Gasteiger partial charge in [0.25, 0.3) is 0 Å². The van der Waals surface area contributed by atoms with E-state index in [1.807, 2.05) is 23.5 Å². The monoisotopic (exact) mass is 253 g/mol. The number of aromatic nitrogens is 2. The molecule has 1 fully saturated rings. The molecule has 0 aromatic carbocycles. The molecule has 1 aliphatic rings. The zero-order valence-electron chi connectivity index (χ0n) is 11.1. The van der Waals surface area contributed by atoms with Crippen molar-refractivity contribution in [3.05, 3.63) is 11.3 Å². The van der Waals surface area contributed by atoms with Crippen molar-refractivity contribution in [2.24, 2.45) is 13.0 Å². The number of hydrogen-bond acceptors (Lipinski definition) is 3. The van der Waals surface area contributed by atoms with Crippen molar-refractivity contribution in [3.63, 3.8) is 0 Å². The second-order valence-electron chi connectivity index (χ2n) is 4.98. The highest BCUT2D eigenvalue weighted by atomic mass is 32.2. The highest BCUT2D eigenvalue weighted by Gasteiger charge is 2.18. The molecule has 1 heterocycles. The Morgan fingerprint density at radius 3 is 2.76 bits per heavy atom. The Morgan fingerprint density at radius 2 is 2.12 bits per heavy atom. The molecule has 0 amide bonds. The van der Waals surface area contributed by atoms with Gasteiger partial charge in [0.15, 0.2) is 0 Å². The topological polar surface area (TPSA) is 29.9 Å². The number of nitrogens with zero attached hydrogens (tertiary/aromatic N) is 2. The predicted octanol–water partition coefficient (Wildman–Crippen LogP) is 2.73. The third-order valence-electron chi connectivity index (χ3n) is 3.57. The Morgan fingerprint density at radius 1 is 1.41 bits per heavy atom. The summed E-state index contributed by atoms with van der Waals surface area (Å²) in [5.41, 5.74) is 2.54. The van der Waals surface area contributed by atoms with Crippen molar-refractivity contribution in [1.82, 2.24) is 15.1 Å². The van der Waals surface area contributed by atoms with E-state index in [0.717, 1.165) is 18.2 Å². The quantitative estimate of drug-likeness (QED) is 0.818. The fraction of sp³-hybridized carbons (Fsp3) is 0.769.